The number of aromatic nitrogens is 1. The second kappa shape index (κ2) is 5.52. The molecule has 0 spiro atoms. The highest BCUT2D eigenvalue weighted by Gasteiger charge is 2.09. The van der Waals surface area contributed by atoms with Crippen molar-refractivity contribution in [1.29, 1.82) is 10.5 Å². The topological polar surface area (TPSA) is 81.7 Å². The molecule has 1 aromatic heterocycles. The lowest BCUT2D eigenvalue weighted by atomic mass is 10.1. The zero-order valence-electron chi connectivity index (χ0n) is 10.2. The molecule has 5 heteroatoms. The third-order valence-corrected chi connectivity index (χ3v) is 2.51. The predicted octanol–water partition coefficient (Wildman–Crippen LogP) is 2.58. The number of benzene rings is 1. The molecule has 0 aliphatic carbocycles. The van der Waals surface area contributed by atoms with Gasteiger partial charge in [0.2, 0.25) is 0 Å². The molecular weight excluding hydrogens is 240 g/mol. The number of nitriles is 2. The fourth-order valence-electron chi connectivity index (χ4n) is 1.62. The van der Waals surface area contributed by atoms with Crippen LogP contribution in [-0.4, -0.2) is 12.1 Å². The molecule has 0 aliphatic rings. The van der Waals surface area contributed by atoms with Crippen molar-refractivity contribution in [3.63, 3.8) is 0 Å². The summed E-state index contributed by atoms with van der Waals surface area (Å²) in [5, 5.41) is 21.0. The Hall–Kier alpha value is -3.05. The highest BCUT2D eigenvalue weighted by atomic mass is 16.5. The summed E-state index contributed by atoms with van der Waals surface area (Å²) in [5.74, 6) is 1.03. The van der Waals surface area contributed by atoms with Gasteiger partial charge < -0.3 is 10.1 Å². The molecule has 0 aliphatic heterocycles. The zero-order chi connectivity index (χ0) is 13.7. The summed E-state index contributed by atoms with van der Waals surface area (Å²) in [5.41, 5.74) is 1.48. The molecule has 0 bridgehead atoms. The van der Waals surface area contributed by atoms with Gasteiger partial charge in [-0.05, 0) is 24.3 Å². The second-order valence-corrected chi connectivity index (χ2v) is 3.66. The maximum Gasteiger partial charge on any atom is 0.143 e. The fourth-order valence-corrected chi connectivity index (χ4v) is 1.62. The quantitative estimate of drug-likeness (QED) is 0.905. The van der Waals surface area contributed by atoms with Crippen LogP contribution in [0.15, 0.2) is 36.5 Å². The van der Waals surface area contributed by atoms with Crippen LogP contribution in [0.2, 0.25) is 0 Å². The Balaban J connectivity index is 2.43. The number of hydrogen-bond donors (Lipinski definition) is 1. The first kappa shape index (κ1) is 12.4. The Kier molecular flexibility index (Phi) is 3.61. The minimum atomic E-state index is 0.448. The lowest BCUT2D eigenvalue weighted by Gasteiger charge is -2.11. The maximum absolute atomic E-state index is 9.10. The number of anilines is 2. The van der Waals surface area contributed by atoms with Gasteiger partial charge >= 0.3 is 0 Å². The fraction of sp³-hybridized carbons (Fsp3) is 0.0714. The lowest BCUT2D eigenvalue weighted by molar-refractivity contribution is 0.416. The van der Waals surface area contributed by atoms with Gasteiger partial charge in [-0.15, -0.1) is 0 Å². The highest BCUT2D eigenvalue weighted by Crippen LogP contribution is 2.30. The van der Waals surface area contributed by atoms with E-state index in [1.54, 1.807) is 30.3 Å². The van der Waals surface area contributed by atoms with Crippen LogP contribution in [0.1, 0.15) is 11.1 Å². The molecule has 0 amide bonds. The Morgan fingerprint density at radius 1 is 1.21 bits per heavy atom. The lowest BCUT2D eigenvalue weighted by Crippen LogP contribution is -1.99. The van der Waals surface area contributed by atoms with Crippen molar-refractivity contribution in [3.8, 4) is 17.9 Å². The van der Waals surface area contributed by atoms with Gasteiger partial charge in [0, 0.05) is 6.20 Å². The van der Waals surface area contributed by atoms with Gasteiger partial charge in [0.05, 0.1) is 24.3 Å². The smallest absolute Gasteiger partial charge is 0.143 e. The first-order chi connectivity index (χ1) is 9.28. The standard InChI is InChI=1S/C14H10N4O/c1-19-12-4-2-3-11(9-16)14(12)18-13-7-10(8-15)5-6-17-13/h2-7H,1H3,(H,17,18). The number of ether oxygens (including phenoxy) is 1. The van der Waals surface area contributed by atoms with E-state index in [-0.39, 0.29) is 0 Å². The van der Waals surface area contributed by atoms with E-state index in [1.807, 2.05) is 6.07 Å². The molecule has 2 aromatic rings. The van der Waals surface area contributed by atoms with Gasteiger partial charge in [0.15, 0.2) is 0 Å². The number of nitrogens with one attached hydrogen (secondary N) is 1. The van der Waals surface area contributed by atoms with E-state index in [0.29, 0.717) is 28.4 Å². The van der Waals surface area contributed by atoms with E-state index >= 15 is 0 Å². The van der Waals surface area contributed by atoms with Gasteiger partial charge in [-0.3, -0.25) is 0 Å². The van der Waals surface area contributed by atoms with Gasteiger partial charge in [-0.25, -0.2) is 4.98 Å². The first-order valence-electron chi connectivity index (χ1n) is 5.48. The summed E-state index contributed by atoms with van der Waals surface area (Å²) < 4.78 is 5.21. The zero-order valence-corrected chi connectivity index (χ0v) is 10.2. The van der Waals surface area contributed by atoms with Crippen LogP contribution >= 0.6 is 0 Å². The van der Waals surface area contributed by atoms with E-state index in [2.05, 4.69) is 16.4 Å². The summed E-state index contributed by atoms with van der Waals surface area (Å²) in [7, 11) is 1.53. The summed E-state index contributed by atoms with van der Waals surface area (Å²) in [4.78, 5) is 4.11. The van der Waals surface area contributed by atoms with Crippen LogP contribution in [0.25, 0.3) is 0 Å². The van der Waals surface area contributed by atoms with Crippen molar-refractivity contribution in [1.82, 2.24) is 4.98 Å². The van der Waals surface area contributed by atoms with Crippen LogP contribution in [0, 0.1) is 22.7 Å². The average Bonchev–Trinajstić information content (AvgIpc) is 2.47. The molecule has 0 saturated heterocycles. The van der Waals surface area contributed by atoms with Crippen molar-refractivity contribution in [2.45, 2.75) is 0 Å². The number of methoxy groups -OCH3 is 1. The van der Waals surface area contributed by atoms with Gasteiger partial charge in [0.1, 0.15) is 23.3 Å². The molecule has 1 heterocycles. The van der Waals surface area contributed by atoms with E-state index in [0.717, 1.165) is 0 Å². The van der Waals surface area contributed by atoms with Crippen molar-refractivity contribution in [2.24, 2.45) is 0 Å². The number of nitrogens with zero attached hydrogens (tertiary/aromatic N) is 3. The summed E-state index contributed by atoms with van der Waals surface area (Å²) in [6, 6.07) is 12.5. The molecule has 0 saturated carbocycles. The van der Waals surface area contributed by atoms with Crippen LogP contribution in [-0.2, 0) is 0 Å². The predicted molar refractivity (Wildman–Crippen MR) is 69.9 cm³/mol. The third-order valence-electron chi connectivity index (χ3n) is 2.51. The van der Waals surface area contributed by atoms with Gasteiger partial charge in [-0.2, -0.15) is 10.5 Å². The molecule has 92 valence electrons. The molecule has 0 fully saturated rings. The van der Waals surface area contributed by atoms with E-state index in [4.69, 9.17) is 15.3 Å². The van der Waals surface area contributed by atoms with Crippen LogP contribution in [0.4, 0.5) is 11.5 Å². The molecular formula is C14H10N4O. The SMILES string of the molecule is COc1cccc(C#N)c1Nc1cc(C#N)ccn1. The monoisotopic (exact) mass is 250 g/mol. The average molecular weight is 250 g/mol. The summed E-state index contributed by atoms with van der Waals surface area (Å²) in [6.45, 7) is 0. The Bertz CT molecular complexity index is 683. The van der Waals surface area contributed by atoms with E-state index in [9.17, 15) is 0 Å². The Morgan fingerprint density at radius 3 is 2.74 bits per heavy atom. The summed E-state index contributed by atoms with van der Waals surface area (Å²) >= 11 is 0. The molecule has 1 N–H and O–H groups in total. The first-order valence-corrected chi connectivity index (χ1v) is 5.48. The van der Waals surface area contributed by atoms with Crippen LogP contribution in [0.3, 0.4) is 0 Å². The highest BCUT2D eigenvalue weighted by molar-refractivity contribution is 5.71. The van der Waals surface area contributed by atoms with Crippen LogP contribution in [0.5, 0.6) is 5.75 Å². The molecule has 2 rings (SSSR count). The van der Waals surface area contributed by atoms with Crippen molar-refractivity contribution < 1.29 is 4.74 Å². The molecule has 0 atom stereocenters. The van der Waals surface area contributed by atoms with Crippen molar-refractivity contribution in [2.75, 3.05) is 12.4 Å². The van der Waals surface area contributed by atoms with Crippen molar-refractivity contribution >= 4 is 11.5 Å². The van der Waals surface area contributed by atoms with Gasteiger partial charge in [0.25, 0.3) is 0 Å². The molecule has 0 unspecified atom stereocenters. The molecule has 19 heavy (non-hydrogen) atoms. The third kappa shape index (κ3) is 2.62. The van der Waals surface area contributed by atoms with Crippen LogP contribution < -0.4 is 10.1 Å². The number of hydrogen-bond acceptors (Lipinski definition) is 5. The molecule has 5 nitrogen and oxygen atoms in total. The maximum atomic E-state index is 9.10. The molecule has 1 aromatic carbocycles. The Morgan fingerprint density at radius 2 is 2.05 bits per heavy atom. The number of rotatable bonds is 3. The van der Waals surface area contributed by atoms with Gasteiger partial charge in [-0.1, -0.05) is 6.07 Å². The van der Waals surface area contributed by atoms with E-state index in [1.165, 1.54) is 13.3 Å². The minimum absolute atomic E-state index is 0.448. The van der Waals surface area contributed by atoms with Crippen molar-refractivity contribution in [3.05, 3.63) is 47.7 Å². The molecule has 0 radical (unpaired) electrons. The minimum Gasteiger partial charge on any atom is -0.495 e. The largest absolute Gasteiger partial charge is 0.495 e. The second-order valence-electron chi connectivity index (χ2n) is 3.66. The Labute approximate surface area is 110 Å². The van der Waals surface area contributed by atoms with E-state index < -0.39 is 0 Å². The summed E-state index contributed by atoms with van der Waals surface area (Å²) in [6.07, 6.45) is 1.53. The number of para-hydroxylation sites is 1. The number of pyridine rings is 1. The normalized spacial score (nSPS) is 9.21.